The summed E-state index contributed by atoms with van der Waals surface area (Å²) in [7, 11) is 0. The first-order valence-electron chi connectivity index (χ1n) is 7.83. The molecule has 2 amide bonds. The molecule has 1 aromatic rings. The smallest absolute Gasteiger partial charge is 0.267 e. The highest BCUT2D eigenvalue weighted by Gasteiger charge is 2.64. The van der Waals surface area contributed by atoms with Crippen LogP contribution in [0.5, 0.6) is 0 Å². The van der Waals surface area contributed by atoms with Gasteiger partial charge in [-0.05, 0) is 31.9 Å². The SMILES string of the molecule is CCC[C@@H]1N(N2C(=O)c3ccccc3C2=O)[C@@]1(C)CCC. The first-order valence-corrected chi connectivity index (χ1v) is 7.83. The highest BCUT2D eigenvalue weighted by atomic mass is 16.2. The number of imide groups is 1. The lowest BCUT2D eigenvalue weighted by Gasteiger charge is -2.19. The van der Waals surface area contributed by atoms with Crippen molar-refractivity contribution in [3.05, 3.63) is 35.4 Å². The summed E-state index contributed by atoms with van der Waals surface area (Å²) in [6.07, 6.45) is 4.13. The summed E-state index contributed by atoms with van der Waals surface area (Å²) in [5.41, 5.74) is 1.00. The van der Waals surface area contributed by atoms with Crippen molar-refractivity contribution < 1.29 is 9.59 Å². The number of carbonyl (C=O) groups is 2. The van der Waals surface area contributed by atoms with Gasteiger partial charge in [-0.1, -0.05) is 38.8 Å². The Morgan fingerprint density at radius 3 is 2.10 bits per heavy atom. The third-order valence-electron chi connectivity index (χ3n) is 4.78. The predicted octanol–water partition coefficient (Wildman–Crippen LogP) is 3.24. The van der Waals surface area contributed by atoms with E-state index in [1.165, 1.54) is 5.01 Å². The average Bonchev–Trinajstić information content (AvgIpc) is 2.93. The highest BCUT2D eigenvalue weighted by molar-refractivity contribution is 6.21. The second-order valence-electron chi connectivity index (χ2n) is 6.22. The standard InChI is InChI=1S/C17H22N2O2/c1-4-8-14-17(3,11-5-2)19(14)18-15(20)12-9-6-7-10-13(12)16(18)21/h6-7,9-10,14H,4-5,8,11H2,1-3H3/t14-,17-,19?/m0/s1. The lowest BCUT2D eigenvalue weighted by atomic mass is 9.99. The first-order chi connectivity index (χ1) is 10.1. The molecule has 0 aliphatic carbocycles. The van der Waals surface area contributed by atoms with E-state index in [2.05, 4.69) is 20.8 Å². The van der Waals surface area contributed by atoms with Crippen molar-refractivity contribution in [2.45, 2.75) is 58.0 Å². The normalized spacial score (nSPS) is 30.7. The molecule has 3 atom stereocenters. The van der Waals surface area contributed by atoms with Crippen LogP contribution in [0.3, 0.4) is 0 Å². The molecule has 1 aromatic carbocycles. The van der Waals surface area contributed by atoms with Gasteiger partial charge in [0.15, 0.2) is 0 Å². The van der Waals surface area contributed by atoms with Crippen molar-refractivity contribution >= 4 is 11.8 Å². The number of nitrogens with zero attached hydrogens (tertiary/aromatic N) is 2. The maximum absolute atomic E-state index is 12.6. The molecule has 112 valence electrons. The Labute approximate surface area is 125 Å². The fourth-order valence-corrected chi connectivity index (χ4v) is 3.72. The molecule has 0 spiro atoms. The van der Waals surface area contributed by atoms with Gasteiger partial charge in [-0.3, -0.25) is 9.59 Å². The number of hydrogen-bond donors (Lipinski definition) is 0. The van der Waals surface area contributed by atoms with E-state index in [1.807, 2.05) is 17.1 Å². The second kappa shape index (κ2) is 4.95. The zero-order chi connectivity index (χ0) is 15.2. The molecule has 1 unspecified atom stereocenters. The van der Waals surface area contributed by atoms with Crippen molar-refractivity contribution in [1.29, 1.82) is 0 Å². The zero-order valence-electron chi connectivity index (χ0n) is 12.9. The van der Waals surface area contributed by atoms with Crippen LogP contribution in [0.1, 0.15) is 67.2 Å². The molecule has 4 nitrogen and oxygen atoms in total. The summed E-state index contributed by atoms with van der Waals surface area (Å²) in [6, 6.07) is 7.40. The monoisotopic (exact) mass is 286 g/mol. The number of amides is 2. The van der Waals surface area contributed by atoms with Gasteiger partial charge in [0.25, 0.3) is 11.8 Å². The topological polar surface area (TPSA) is 40.4 Å². The third-order valence-corrected chi connectivity index (χ3v) is 4.78. The molecule has 21 heavy (non-hydrogen) atoms. The number of carbonyl (C=O) groups excluding carboxylic acids is 2. The molecule has 1 saturated heterocycles. The lowest BCUT2D eigenvalue weighted by Crippen LogP contribution is -2.39. The number of fused-ring (bicyclic) bond motifs is 1. The average molecular weight is 286 g/mol. The third kappa shape index (κ3) is 1.93. The Hall–Kier alpha value is -1.68. The van der Waals surface area contributed by atoms with Crippen LogP contribution in [0, 0.1) is 0 Å². The predicted molar refractivity (Wildman–Crippen MR) is 80.8 cm³/mol. The van der Waals surface area contributed by atoms with E-state index in [1.54, 1.807) is 12.1 Å². The van der Waals surface area contributed by atoms with Crippen LogP contribution in [-0.4, -0.2) is 33.4 Å². The van der Waals surface area contributed by atoms with Gasteiger partial charge in [-0.15, -0.1) is 0 Å². The molecule has 0 saturated carbocycles. The molecular formula is C17H22N2O2. The lowest BCUT2D eigenvalue weighted by molar-refractivity contribution is 0.0291. The molecule has 0 radical (unpaired) electrons. The summed E-state index contributed by atoms with van der Waals surface area (Å²) in [4.78, 5) is 25.2. The second-order valence-corrected chi connectivity index (χ2v) is 6.22. The van der Waals surface area contributed by atoms with E-state index in [4.69, 9.17) is 0 Å². The van der Waals surface area contributed by atoms with Gasteiger partial charge >= 0.3 is 0 Å². The van der Waals surface area contributed by atoms with Crippen molar-refractivity contribution in [1.82, 2.24) is 10.0 Å². The molecular weight excluding hydrogens is 264 g/mol. The van der Waals surface area contributed by atoms with Gasteiger partial charge in [0.05, 0.1) is 22.7 Å². The van der Waals surface area contributed by atoms with Crippen LogP contribution in [0.15, 0.2) is 24.3 Å². The zero-order valence-corrected chi connectivity index (χ0v) is 12.9. The number of rotatable bonds is 5. The fraction of sp³-hybridized carbons (Fsp3) is 0.529. The van der Waals surface area contributed by atoms with E-state index < -0.39 is 0 Å². The van der Waals surface area contributed by atoms with Gasteiger partial charge in [0.1, 0.15) is 0 Å². The maximum atomic E-state index is 12.6. The van der Waals surface area contributed by atoms with Gasteiger partial charge in [-0.25, -0.2) is 5.01 Å². The van der Waals surface area contributed by atoms with Gasteiger partial charge < -0.3 is 0 Å². The summed E-state index contributed by atoms with van der Waals surface area (Å²) in [5.74, 6) is -0.340. The Morgan fingerprint density at radius 1 is 1.05 bits per heavy atom. The Morgan fingerprint density at radius 2 is 1.62 bits per heavy atom. The van der Waals surface area contributed by atoms with E-state index in [0.717, 1.165) is 25.7 Å². The number of hydrogen-bond acceptors (Lipinski definition) is 3. The number of benzene rings is 1. The first kappa shape index (κ1) is 14.3. The van der Waals surface area contributed by atoms with Crippen LogP contribution >= 0.6 is 0 Å². The summed E-state index contributed by atoms with van der Waals surface area (Å²) >= 11 is 0. The largest absolute Gasteiger partial charge is 0.276 e. The Bertz CT molecular complexity index is 563. The molecule has 0 bridgehead atoms. The Balaban J connectivity index is 1.92. The summed E-state index contributed by atoms with van der Waals surface area (Å²) < 4.78 is 0. The molecule has 4 heteroatoms. The minimum atomic E-state index is -0.170. The van der Waals surface area contributed by atoms with E-state index in [-0.39, 0.29) is 17.4 Å². The number of hydrazine groups is 1. The van der Waals surface area contributed by atoms with Crippen LogP contribution in [-0.2, 0) is 0 Å². The Kier molecular flexibility index (Phi) is 3.36. The molecule has 2 heterocycles. The van der Waals surface area contributed by atoms with Crippen LogP contribution in [0.4, 0.5) is 0 Å². The van der Waals surface area contributed by atoms with Gasteiger partial charge in [-0.2, -0.15) is 5.01 Å². The summed E-state index contributed by atoms with van der Waals surface area (Å²) in [6.45, 7) is 6.46. The molecule has 0 N–H and O–H groups in total. The van der Waals surface area contributed by atoms with E-state index in [9.17, 15) is 9.59 Å². The van der Waals surface area contributed by atoms with Gasteiger partial charge in [0, 0.05) is 0 Å². The van der Waals surface area contributed by atoms with Crippen molar-refractivity contribution in [3.63, 3.8) is 0 Å². The van der Waals surface area contributed by atoms with Crippen molar-refractivity contribution in [3.8, 4) is 0 Å². The highest BCUT2D eigenvalue weighted by Crippen LogP contribution is 2.50. The maximum Gasteiger partial charge on any atom is 0.276 e. The minimum Gasteiger partial charge on any atom is -0.267 e. The van der Waals surface area contributed by atoms with Crippen LogP contribution in [0.25, 0.3) is 0 Å². The quantitative estimate of drug-likeness (QED) is 0.616. The van der Waals surface area contributed by atoms with Crippen molar-refractivity contribution in [2.75, 3.05) is 0 Å². The molecule has 0 aromatic heterocycles. The molecule has 2 aliphatic heterocycles. The van der Waals surface area contributed by atoms with Crippen LogP contribution in [0.2, 0.25) is 0 Å². The van der Waals surface area contributed by atoms with Crippen LogP contribution < -0.4 is 0 Å². The fourth-order valence-electron chi connectivity index (χ4n) is 3.72. The molecule has 3 rings (SSSR count). The van der Waals surface area contributed by atoms with E-state index in [0.29, 0.717) is 17.2 Å². The van der Waals surface area contributed by atoms with Crippen molar-refractivity contribution in [2.24, 2.45) is 0 Å². The summed E-state index contributed by atoms with van der Waals surface area (Å²) in [5, 5.41) is 3.41. The molecule has 1 fully saturated rings. The molecule has 2 aliphatic rings. The van der Waals surface area contributed by atoms with Gasteiger partial charge in [0.2, 0.25) is 0 Å². The van der Waals surface area contributed by atoms with E-state index >= 15 is 0 Å². The minimum absolute atomic E-state index is 0.0574.